The third kappa shape index (κ3) is 9.21. The Morgan fingerprint density at radius 1 is 0.541 bits per heavy atom. The van der Waals surface area contributed by atoms with Crippen LogP contribution >= 0.6 is 0 Å². The molecule has 306 valence electrons. The minimum Gasteiger partial charge on any atom is -0.390 e. The lowest BCUT2D eigenvalue weighted by molar-refractivity contribution is 0.102. The number of aliphatic hydroxyl groups excluding tert-OH is 1. The van der Waals surface area contributed by atoms with Crippen LogP contribution in [0.2, 0.25) is 0 Å². The van der Waals surface area contributed by atoms with Crippen LogP contribution in [0.25, 0.3) is 21.8 Å². The molecular formula is C51H46N4O6. The van der Waals surface area contributed by atoms with E-state index in [-0.39, 0.29) is 40.2 Å². The number of para-hydroxylation sites is 2. The summed E-state index contributed by atoms with van der Waals surface area (Å²) in [6.45, 7) is 8.99. The number of methoxy groups -OCH3 is 1. The maximum atomic E-state index is 13.3. The molecule has 0 unspecified atom stereocenters. The van der Waals surface area contributed by atoms with Gasteiger partial charge in [0.15, 0.2) is 11.6 Å². The van der Waals surface area contributed by atoms with Crippen LogP contribution in [0.1, 0.15) is 76.9 Å². The Hall–Kier alpha value is -7.14. The second-order valence-electron chi connectivity index (χ2n) is 15.1. The maximum Gasteiger partial charge on any atom is 0.200 e. The molecule has 0 saturated carbocycles. The van der Waals surface area contributed by atoms with Gasteiger partial charge in [-0.05, 0) is 111 Å². The van der Waals surface area contributed by atoms with E-state index in [1.807, 2.05) is 122 Å². The van der Waals surface area contributed by atoms with Crippen molar-refractivity contribution in [3.8, 4) is 0 Å². The molecule has 0 spiro atoms. The van der Waals surface area contributed by atoms with Gasteiger partial charge < -0.3 is 19.0 Å². The first kappa shape index (κ1) is 42.0. The number of nitrogens with zero attached hydrogens (tertiary/aromatic N) is 4. The third-order valence-corrected chi connectivity index (χ3v) is 10.9. The Labute approximate surface area is 353 Å². The lowest BCUT2D eigenvalue weighted by atomic mass is 9.99. The van der Waals surface area contributed by atoms with Crippen molar-refractivity contribution in [2.75, 3.05) is 7.11 Å². The zero-order valence-corrected chi connectivity index (χ0v) is 34.8. The molecule has 4 aromatic heterocycles. The highest BCUT2D eigenvalue weighted by molar-refractivity contribution is 6.11. The minimum atomic E-state index is -0.292. The van der Waals surface area contributed by atoms with Crippen molar-refractivity contribution in [2.45, 2.75) is 54.0 Å². The molecule has 8 aromatic rings. The molecule has 0 fully saturated rings. The SMILES string of the molecule is COCc1cccc(Cn2cc(C(=O)c3ccc(C)c(C)c3)c(=O)c3ccccc32)n1.Cc1ccc(C(=O)c2cn(Cc3cccc(CO)n3)c3ccccc3c2=O)cc1C. The van der Waals surface area contributed by atoms with Gasteiger partial charge in [0.25, 0.3) is 0 Å². The van der Waals surface area contributed by atoms with Crippen LogP contribution in [0, 0.1) is 27.7 Å². The molecule has 0 amide bonds. The van der Waals surface area contributed by atoms with Gasteiger partial charge in [-0.15, -0.1) is 0 Å². The molecule has 0 aliphatic heterocycles. The molecule has 0 radical (unpaired) electrons. The number of ketones is 2. The quantitative estimate of drug-likeness (QED) is 0.129. The van der Waals surface area contributed by atoms with Crippen molar-refractivity contribution < 1.29 is 19.4 Å². The first-order chi connectivity index (χ1) is 29.4. The van der Waals surface area contributed by atoms with Gasteiger partial charge >= 0.3 is 0 Å². The van der Waals surface area contributed by atoms with Gasteiger partial charge in [-0.2, -0.15) is 0 Å². The normalized spacial score (nSPS) is 11.0. The van der Waals surface area contributed by atoms with Gasteiger partial charge in [0.1, 0.15) is 0 Å². The van der Waals surface area contributed by atoms with E-state index >= 15 is 0 Å². The summed E-state index contributed by atoms with van der Waals surface area (Å²) in [5.74, 6) is -0.562. The van der Waals surface area contributed by atoms with Crippen LogP contribution in [-0.4, -0.2) is 42.9 Å². The topological polar surface area (TPSA) is 133 Å². The van der Waals surface area contributed by atoms with Crippen LogP contribution in [0.3, 0.4) is 0 Å². The van der Waals surface area contributed by atoms with Crippen LogP contribution in [0.4, 0.5) is 0 Å². The molecule has 1 N–H and O–H groups in total. The van der Waals surface area contributed by atoms with E-state index in [2.05, 4.69) is 9.97 Å². The highest BCUT2D eigenvalue weighted by atomic mass is 16.5. The molecule has 0 saturated heterocycles. The lowest BCUT2D eigenvalue weighted by Gasteiger charge is -2.14. The van der Waals surface area contributed by atoms with E-state index in [0.29, 0.717) is 47.3 Å². The van der Waals surface area contributed by atoms with Crippen molar-refractivity contribution >= 4 is 33.4 Å². The highest BCUT2D eigenvalue weighted by Gasteiger charge is 2.20. The van der Waals surface area contributed by atoms with Gasteiger partial charge in [-0.3, -0.25) is 29.1 Å². The predicted molar refractivity (Wildman–Crippen MR) is 238 cm³/mol. The largest absolute Gasteiger partial charge is 0.390 e. The van der Waals surface area contributed by atoms with Gasteiger partial charge in [0, 0.05) is 41.4 Å². The molecule has 0 bridgehead atoms. The number of hydrogen-bond acceptors (Lipinski definition) is 8. The molecule has 4 heterocycles. The van der Waals surface area contributed by atoms with E-state index < -0.39 is 0 Å². The van der Waals surface area contributed by atoms with E-state index in [1.165, 1.54) is 0 Å². The summed E-state index contributed by atoms with van der Waals surface area (Å²) in [4.78, 5) is 61.8. The Morgan fingerprint density at radius 2 is 0.967 bits per heavy atom. The second-order valence-corrected chi connectivity index (χ2v) is 15.1. The summed E-state index contributed by atoms with van der Waals surface area (Å²) in [6.07, 6.45) is 3.28. The van der Waals surface area contributed by atoms with Gasteiger partial charge in [0.05, 0.1) is 71.2 Å². The first-order valence-corrected chi connectivity index (χ1v) is 19.9. The van der Waals surface area contributed by atoms with Crippen molar-refractivity contribution in [2.24, 2.45) is 0 Å². The molecular weight excluding hydrogens is 765 g/mol. The number of aliphatic hydroxyl groups is 1. The number of aryl methyl sites for hydroxylation is 4. The zero-order valence-electron chi connectivity index (χ0n) is 34.8. The molecule has 10 nitrogen and oxygen atoms in total. The standard InChI is InChI=1S/C26H24N2O3.C25H22N2O3/c1-17-11-12-19(13-18(17)2)25(29)23-15-28(24-10-5-4-9-22(24)26(23)30)14-20-7-6-8-21(27-20)16-31-3;1-16-10-11-18(12-17(16)2)24(29)22-14-27(13-19-6-5-7-20(15-28)26-19)23-9-4-3-8-21(23)25(22)30/h4-13,15H,14,16H2,1-3H3;3-12,14,28H,13,15H2,1-2H3. The van der Waals surface area contributed by atoms with Crippen LogP contribution in [0.5, 0.6) is 0 Å². The van der Waals surface area contributed by atoms with Crippen molar-refractivity contribution in [1.29, 1.82) is 0 Å². The second kappa shape index (κ2) is 18.4. The first-order valence-electron chi connectivity index (χ1n) is 19.9. The number of rotatable bonds is 11. The highest BCUT2D eigenvalue weighted by Crippen LogP contribution is 2.20. The number of carbonyl (C=O) groups is 2. The number of aromatic nitrogens is 4. The van der Waals surface area contributed by atoms with Gasteiger partial charge in [-0.1, -0.05) is 60.7 Å². The molecule has 61 heavy (non-hydrogen) atoms. The molecule has 4 aromatic carbocycles. The number of ether oxygens (including phenoxy) is 1. The summed E-state index contributed by atoms with van der Waals surface area (Å²) in [5.41, 5.74) is 9.47. The van der Waals surface area contributed by atoms with E-state index in [4.69, 9.17) is 4.74 Å². The molecule has 0 aliphatic rings. The summed E-state index contributed by atoms with van der Waals surface area (Å²) in [6, 6.07) is 36.8. The van der Waals surface area contributed by atoms with Crippen molar-refractivity contribution in [1.82, 2.24) is 19.1 Å². The number of carbonyl (C=O) groups excluding carboxylic acids is 2. The van der Waals surface area contributed by atoms with Gasteiger partial charge in [0.2, 0.25) is 10.9 Å². The third-order valence-electron chi connectivity index (χ3n) is 10.9. The molecule has 10 heteroatoms. The summed E-state index contributed by atoms with van der Waals surface area (Å²) >= 11 is 0. The number of benzene rings is 4. The molecule has 0 atom stereocenters. The average molecular weight is 811 g/mol. The average Bonchev–Trinajstić information content (AvgIpc) is 3.27. The Kier molecular flexibility index (Phi) is 12.7. The number of fused-ring (bicyclic) bond motifs is 2. The Bertz CT molecular complexity index is 3070. The van der Waals surface area contributed by atoms with Crippen molar-refractivity contribution in [3.05, 3.63) is 221 Å². The van der Waals surface area contributed by atoms with E-state index in [0.717, 1.165) is 50.4 Å². The van der Waals surface area contributed by atoms with E-state index in [1.54, 1.807) is 55.9 Å². The number of pyridine rings is 4. The predicted octanol–water partition coefficient (Wildman–Crippen LogP) is 8.22. The smallest absolute Gasteiger partial charge is 0.200 e. The fourth-order valence-electron chi connectivity index (χ4n) is 7.25. The number of hydrogen-bond donors (Lipinski definition) is 1. The zero-order chi connectivity index (χ0) is 43.2. The van der Waals surface area contributed by atoms with Gasteiger partial charge in [-0.25, -0.2) is 0 Å². The fourth-order valence-corrected chi connectivity index (χ4v) is 7.25. The van der Waals surface area contributed by atoms with Crippen LogP contribution < -0.4 is 10.9 Å². The van der Waals surface area contributed by atoms with Crippen LogP contribution in [-0.2, 0) is 31.0 Å². The molecule has 0 aliphatic carbocycles. The fraction of sp³-hybridized carbons (Fsp3) is 0.176. The Morgan fingerprint density at radius 3 is 1.41 bits per heavy atom. The maximum absolute atomic E-state index is 13.3. The van der Waals surface area contributed by atoms with Crippen LogP contribution in [0.15, 0.2) is 143 Å². The minimum absolute atomic E-state index is 0.135. The van der Waals surface area contributed by atoms with Crippen molar-refractivity contribution in [3.63, 3.8) is 0 Å². The summed E-state index contributed by atoms with van der Waals surface area (Å²) in [5, 5.41) is 10.4. The summed E-state index contributed by atoms with van der Waals surface area (Å²) < 4.78 is 8.97. The monoisotopic (exact) mass is 810 g/mol. The lowest BCUT2D eigenvalue weighted by Crippen LogP contribution is -2.20. The Balaban J connectivity index is 0.000000184. The van der Waals surface area contributed by atoms with E-state index in [9.17, 15) is 24.3 Å². The molecule has 8 rings (SSSR count). The summed E-state index contributed by atoms with van der Waals surface area (Å²) in [7, 11) is 1.63.